The van der Waals surface area contributed by atoms with E-state index in [1.54, 1.807) is 0 Å². The van der Waals surface area contributed by atoms with E-state index in [0.29, 0.717) is 23.7 Å². The van der Waals surface area contributed by atoms with Crippen molar-refractivity contribution in [1.82, 2.24) is 0 Å². The summed E-state index contributed by atoms with van der Waals surface area (Å²) in [5, 5.41) is 30.1. The van der Waals surface area contributed by atoms with Crippen LogP contribution in [0.15, 0.2) is 0 Å². The first-order valence-electron chi connectivity index (χ1n) is 10.7. The molecule has 0 bridgehead atoms. The van der Waals surface area contributed by atoms with Crippen LogP contribution in [-0.2, 0) is 0 Å². The van der Waals surface area contributed by atoms with Crippen molar-refractivity contribution in [3.05, 3.63) is 0 Å². The van der Waals surface area contributed by atoms with Gasteiger partial charge < -0.3 is 15.3 Å². The predicted molar refractivity (Wildman–Crippen MR) is 103 cm³/mol. The minimum absolute atomic E-state index is 0.135. The maximum Gasteiger partial charge on any atom is 0.0591 e. The zero-order valence-electron chi connectivity index (χ0n) is 17.0. The molecule has 0 radical (unpaired) electrons. The maximum atomic E-state index is 10.6. The van der Waals surface area contributed by atoms with Crippen molar-refractivity contribution in [1.29, 1.82) is 0 Å². The quantitative estimate of drug-likeness (QED) is 0.533. The molecule has 0 heterocycles. The first kappa shape index (κ1) is 21.2. The molecule has 2 fully saturated rings. The number of fused-ring (bicyclic) bond motifs is 1. The molecule has 2 aliphatic rings. The van der Waals surface area contributed by atoms with Crippen molar-refractivity contribution >= 4 is 0 Å². The first-order chi connectivity index (χ1) is 11.7. The zero-order valence-corrected chi connectivity index (χ0v) is 17.0. The summed E-state index contributed by atoms with van der Waals surface area (Å²) >= 11 is 0. The molecule has 25 heavy (non-hydrogen) atoms. The lowest BCUT2D eigenvalue weighted by Gasteiger charge is -2.51. The number of hydrogen-bond acceptors (Lipinski definition) is 3. The van der Waals surface area contributed by atoms with Gasteiger partial charge in [-0.2, -0.15) is 0 Å². The van der Waals surface area contributed by atoms with Gasteiger partial charge in [-0.3, -0.25) is 0 Å². The zero-order chi connectivity index (χ0) is 18.7. The van der Waals surface area contributed by atoms with Gasteiger partial charge >= 0.3 is 0 Å². The van der Waals surface area contributed by atoms with Crippen molar-refractivity contribution in [3.8, 4) is 0 Å². The van der Waals surface area contributed by atoms with Crippen LogP contribution < -0.4 is 0 Å². The van der Waals surface area contributed by atoms with Crippen LogP contribution in [0, 0.1) is 29.1 Å². The van der Waals surface area contributed by atoms with Gasteiger partial charge in [0.1, 0.15) is 0 Å². The van der Waals surface area contributed by atoms with Crippen molar-refractivity contribution in [3.63, 3.8) is 0 Å². The molecule has 0 amide bonds. The monoisotopic (exact) mass is 354 g/mol. The van der Waals surface area contributed by atoms with Gasteiger partial charge in [-0.15, -0.1) is 0 Å². The second-order valence-electron chi connectivity index (χ2n) is 9.92. The van der Waals surface area contributed by atoms with Gasteiger partial charge in [0, 0.05) is 6.61 Å². The van der Waals surface area contributed by atoms with Crippen LogP contribution in [0.1, 0.15) is 91.9 Å². The van der Waals surface area contributed by atoms with E-state index in [9.17, 15) is 15.3 Å². The van der Waals surface area contributed by atoms with E-state index in [4.69, 9.17) is 0 Å². The van der Waals surface area contributed by atoms with Gasteiger partial charge in [-0.25, -0.2) is 0 Å². The Balaban J connectivity index is 1.88. The van der Waals surface area contributed by atoms with Crippen LogP contribution in [0.25, 0.3) is 0 Å². The van der Waals surface area contributed by atoms with Gasteiger partial charge in [-0.05, 0) is 81.5 Å². The van der Waals surface area contributed by atoms with Gasteiger partial charge in [0.15, 0.2) is 0 Å². The molecular weight excluding hydrogens is 312 g/mol. The van der Waals surface area contributed by atoms with Gasteiger partial charge in [0.2, 0.25) is 0 Å². The minimum Gasteiger partial charge on any atom is -0.396 e. The average molecular weight is 355 g/mol. The lowest BCUT2D eigenvalue weighted by Crippen LogP contribution is -2.47. The summed E-state index contributed by atoms with van der Waals surface area (Å²) in [6, 6.07) is 0. The maximum absolute atomic E-state index is 10.6. The smallest absolute Gasteiger partial charge is 0.0591 e. The lowest BCUT2D eigenvalue weighted by molar-refractivity contribution is -0.0760. The van der Waals surface area contributed by atoms with E-state index in [-0.39, 0.29) is 18.1 Å². The molecule has 3 N–H and O–H groups in total. The molecular formula is C22H42O3. The van der Waals surface area contributed by atoms with Gasteiger partial charge in [0.05, 0.1) is 11.7 Å². The molecule has 0 aromatic rings. The summed E-state index contributed by atoms with van der Waals surface area (Å²) in [6.07, 6.45) is 11.2. The standard InChI is InChI=1S/C22H42O3/c1-16(15-23)18-11-12-19-20(24)13-10-17(22(18,19)4)9-7-5-6-8-14-21(2,3)25/h16-20,23-25H,5-15H2,1-4H3/t16-,17-,18-,19+,20+,22-/m1/s1. The largest absolute Gasteiger partial charge is 0.396 e. The summed E-state index contributed by atoms with van der Waals surface area (Å²) in [6.45, 7) is 8.66. The van der Waals surface area contributed by atoms with Crippen LogP contribution in [0.5, 0.6) is 0 Å². The Hall–Kier alpha value is -0.120. The third-order valence-corrected chi connectivity index (χ3v) is 7.61. The Bertz CT molecular complexity index is 403. The molecule has 2 aliphatic carbocycles. The van der Waals surface area contributed by atoms with Crippen LogP contribution in [0.2, 0.25) is 0 Å². The fourth-order valence-corrected chi connectivity index (χ4v) is 6.13. The molecule has 0 aliphatic heterocycles. The molecule has 0 saturated heterocycles. The van der Waals surface area contributed by atoms with Crippen molar-refractivity contribution in [2.45, 2.75) is 104 Å². The number of unbranched alkanes of at least 4 members (excludes halogenated alkanes) is 3. The van der Waals surface area contributed by atoms with E-state index in [2.05, 4.69) is 13.8 Å². The SMILES string of the molecule is C[C@H](CO)[C@H]1CC[C@H]2[C@@H](O)CC[C@@H](CCCCCCC(C)(C)O)[C@]12C. The fourth-order valence-electron chi connectivity index (χ4n) is 6.13. The highest BCUT2D eigenvalue weighted by molar-refractivity contribution is 5.05. The van der Waals surface area contributed by atoms with Crippen molar-refractivity contribution < 1.29 is 15.3 Å². The molecule has 148 valence electrons. The van der Waals surface area contributed by atoms with Crippen LogP contribution >= 0.6 is 0 Å². The van der Waals surface area contributed by atoms with Crippen LogP contribution in [-0.4, -0.2) is 33.6 Å². The average Bonchev–Trinajstić information content (AvgIpc) is 2.90. The highest BCUT2D eigenvalue weighted by Gasteiger charge is 2.56. The number of hydrogen-bond donors (Lipinski definition) is 3. The van der Waals surface area contributed by atoms with E-state index in [1.165, 1.54) is 32.1 Å². The fraction of sp³-hybridized carbons (Fsp3) is 1.00. The van der Waals surface area contributed by atoms with E-state index in [0.717, 1.165) is 32.1 Å². The van der Waals surface area contributed by atoms with E-state index >= 15 is 0 Å². The molecule has 0 spiro atoms. The molecule has 2 saturated carbocycles. The van der Waals surface area contributed by atoms with Crippen LogP contribution in [0.4, 0.5) is 0 Å². The third kappa shape index (κ3) is 4.99. The second-order valence-corrected chi connectivity index (χ2v) is 9.92. The molecule has 3 heteroatoms. The molecule has 0 aromatic heterocycles. The summed E-state index contributed by atoms with van der Waals surface area (Å²) < 4.78 is 0. The number of aliphatic hydroxyl groups is 3. The molecule has 0 unspecified atom stereocenters. The first-order valence-corrected chi connectivity index (χ1v) is 10.7. The summed E-state index contributed by atoms with van der Waals surface area (Å²) in [5.74, 6) is 2.02. The predicted octanol–water partition coefficient (Wildman–Crippen LogP) is 4.53. The Labute approximate surface area is 155 Å². The Kier molecular flexibility index (Phi) is 7.38. The number of aliphatic hydroxyl groups excluding tert-OH is 2. The molecule has 0 aromatic carbocycles. The summed E-state index contributed by atoms with van der Waals surface area (Å²) in [4.78, 5) is 0. The van der Waals surface area contributed by atoms with E-state index in [1.807, 2.05) is 13.8 Å². The minimum atomic E-state index is -0.530. The molecule has 2 rings (SSSR count). The van der Waals surface area contributed by atoms with Crippen LogP contribution in [0.3, 0.4) is 0 Å². The second kappa shape index (κ2) is 8.71. The lowest BCUT2D eigenvalue weighted by atomic mass is 9.55. The highest BCUT2D eigenvalue weighted by Crippen LogP contribution is 2.61. The Morgan fingerprint density at radius 3 is 2.36 bits per heavy atom. The van der Waals surface area contributed by atoms with Gasteiger partial charge in [-0.1, -0.05) is 39.5 Å². The third-order valence-electron chi connectivity index (χ3n) is 7.61. The summed E-state index contributed by atoms with van der Waals surface area (Å²) in [7, 11) is 0. The van der Waals surface area contributed by atoms with Gasteiger partial charge in [0.25, 0.3) is 0 Å². The Morgan fingerprint density at radius 1 is 1.04 bits per heavy atom. The molecule has 3 nitrogen and oxygen atoms in total. The highest BCUT2D eigenvalue weighted by atomic mass is 16.3. The summed E-state index contributed by atoms with van der Waals surface area (Å²) in [5.41, 5.74) is -0.329. The molecule has 6 atom stereocenters. The topological polar surface area (TPSA) is 60.7 Å². The van der Waals surface area contributed by atoms with Crippen molar-refractivity contribution in [2.75, 3.05) is 6.61 Å². The number of rotatable bonds is 9. The normalized spacial score (nSPS) is 37.1. The Morgan fingerprint density at radius 2 is 1.72 bits per heavy atom. The van der Waals surface area contributed by atoms with E-state index < -0.39 is 5.60 Å². The van der Waals surface area contributed by atoms with Crippen molar-refractivity contribution in [2.24, 2.45) is 29.1 Å².